The molecule has 0 bridgehead atoms. The maximum atomic E-state index is 10.5. The Morgan fingerprint density at radius 3 is 3.00 bits per heavy atom. The molecule has 2 aromatic heterocycles. The van der Waals surface area contributed by atoms with Crippen molar-refractivity contribution < 1.29 is 4.79 Å². The van der Waals surface area contributed by atoms with Crippen LogP contribution in [-0.2, 0) is 0 Å². The molecule has 0 aliphatic carbocycles. The summed E-state index contributed by atoms with van der Waals surface area (Å²) >= 11 is 1.64. The summed E-state index contributed by atoms with van der Waals surface area (Å²) < 4.78 is 0. The van der Waals surface area contributed by atoms with Crippen LogP contribution in [0.4, 0.5) is 0 Å². The van der Waals surface area contributed by atoms with Crippen molar-refractivity contribution in [3.63, 3.8) is 0 Å². The van der Waals surface area contributed by atoms with Gasteiger partial charge in [-0.1, -0.05) is 0 Å². The molecule has 2 aromatic rings. The first-order valence-electron chi connectivity index (χ1n) is 4.13. The average Bonchev–Trinajstić information content (AvgIpc) is 2.65. The van der Waals surface area contributed by atoms with E-state index >= 15 is 0 Å². The third kappa shape index (κ3) is 1.70. The van der Waals surface area contributed by atoms with Crippen molar-refractivity contribution in [2.75, 3.05) is 0 Å². The molecule has 14 heavy (non-hydrogen) atoms. The number of aldehydes is 1. The van der Waals surface area contributed by atoms with Crippen LogP contribution >= 0.6 is 11.3 Å². The van der Waals surface area contributed by atoms with Gasteiger partial charge < -0.3 is 0 Å². The highest BCUT2D eigenvalue weighted by Crippen LogP contribution is 2.21. The van der Waals surface area contributed by atoms with Crippen molar-refractivity contribution in [2.24, 2.45) is 0 Å². The summed E-state index contributed by atoms with van der Waals surface area (Å²) in [5.74, 6) is 0.610. The van der Waals surface area contributed by atoms with Crippen LogP contribution in [0, 0.1) is 6.92 Å². The Kier molecular flexibility index (Phi) is 2.37. The Bertz CT molecular complexity index is 465. The van der Waals surface area contributed by atoms with Crippen LogP contribution in [0.25, 0.3) is 11.4 Å². The minimum Gasteiger partial charge on any atom is -0.296 e. The number of aryl methyl sites for hydroxylation is 1. The van der Waals surface area contributed by atoms with Gasteiger partial charge in [0.25, 0.3) is 0 Å². The summed E-state index contributed by atoms with van der Waals surface area (Å²) in [6, 6.07) is 3.60. The quantitative estimate of drug-likeness (QED) is 0.705. The van der Waals surface area contributed by atoms with Gasteiger partial charge in [0.2, 0.25) is 0 Å². The molecule has 0 radical (unpaired) electrons. The van der Waals surface area contributed by atoms with Crippen LogP contribution < -0.4 is 0 Å². The monoisotopic (exact) mass is 204 g/mol. The smallest absolute Gasteiger partial charge is 0.168 e. The molecule has 4 heteroatoms. The van der Waals surface area contributed by atoms with Crippen molar-refractivity contribution in [2.45, 2.75) is 6.92 Å². The summed E-state index contributed by atoms with van der Waals surface area (Å²) in [7, 11) is 0. The summed E-state index contributed by atoms with van der Waals surface area (Å²) in [5.41, 5.74) is 1.38. The van der Waals surface area contributed by atoms with Gasteiger partial charge in [-0.2, -0.15) is 0 Å². The number of rotatable bonds is 2. The number of thiophene rings is 1. The van der Waals surface area contributed by atoms with E-state index in [-0.39, 0.29) is 0 Å². The highest BCUT2D eigenvalue weighted by Gasteiger charge is 2.03. The molecule has 70 valence electrons. The van der Waals surface area contributed by atoms with Gasteiger partial charge in [-0.3, -0.25) is 4.79 Å². The molecule has 0 amide bonds. The Labute approximate surface area is 85.5 Å². The SMILES string of the molecule is Cc1cc(-c2nccc(C=O)n2)cs1. The maximum Gasteiger partial charge on any atom is 0.168 e. The van der Waals surface area contributed by atoms with Crippen LogP contribution in [-0.4, -0.2) is 16.3 Å². The highest BCUT2D eigenvalue weighted by atomic mass is 32.1. The van der Waals surface area contributed by atoms with E-state index in [0.717, 1.165) is 11.8 Å². The number of carbonyl (C=O) groups is 1. The van der Waals surface area contributed by atoms with Gasteiger partial charge >= 0.3 is 0 Å². The molecule has 0 aliphatic rings. The zero-order valence-electron chi connectivity index (χ0n) is 7.60. The molecule has 0 fully saturated rings. The Morgan fingerprint density at radius 2 is 2.36 bits per heavy atom. The fourth-order valence-corrected chi connectivity index (χ4v) is 1.82. The van der Waals surface area contributed by atoms with Gasteiger partial charge in [0, 0.05) is 22.0 Å². The van der Waals surface area contributed by atoms with Gasteiger partial charge in [-0.25, -0.2) is 9.97 Å². The fraction of sp³-hybridized carbons (Fsp3) is 0.100. The molecule has 0 unspecified atom stereocenters. The summed E-state index contributed by atoms with van der Waals surface area (Å²) in [6.45, 7) is 2.03. The average molecular weight is 204 g/mol. The fourth-order valence-electron chi connectivity index (χ4n) is 1.14. The van der Waals surface area contributed by atoms with E-state index in [1.54, 1.807) is 23.6 Å². The van der Waals surface area contributed by atoms with Crippen LogP contribution in [0.1, 0.15) is 15.4 Å². The second kappa shape index (κ2) is 3.67. The van der Waals surface area contributed by atoms with E-state index in [1.807, 2.05) is 18.4 Å². The first-order chi connectivity index (χ1) is 6.79. The van der Waals surface area contributed by atoms with Crippen LogP contribution in [0.15, 0.2) is 23.7 Å². The molecule has 2 rings (SSSR count). The normalized spacial score (nSPS) is 10.1. The lowest BCUT2D eigenvalue weighted by Crippen LogP contribution is -1.91. The van der Waals surface area contributed by atoms with E-state index in [0.29, 0.717) is 11.5 Å². The number of hydrogen-bond acceptors (Lipinski definition) is 4. The van der Waals surface area contributed by atoms with Crippen LogP contribution in [0.3, 0.4) is 0 Å². The molecule has 3 nitrogen and oxygen atoms in total. The maximum absolute atomic E-state index is 10.5. The molecule has 2 heterocycles. The first-order valence-corrected chi connectivity index (χ1v) is 5.01. The van der Waals surface area contributed by atoms with E-state index in [1.165, 1.54) is 4.88 Å². The number of nitrogens with zero attached hydrogens (tertiary/aromatic N) is 2. The second-order valence-corrected chi connectivity index (χ2v) is 3.98. The van der Waals surface area contributed by atoms with Crippen molar-refractivity contribution in [3.05, 3.63) is 34.3 Å². The van der Waals surface area contributed by atoms with Gasteiger partial charge in [0.1, 0.15) is 5.69 Å². The van der Waals surface area contributed by atoms with Crippen molar-refractivity contribution in [1.29, 1.82) is 0 Å². The molecular weight excluding hydrogens is 196 g/mol. The van der Waals surface area contributed by atoms with Crippen molar-refractivity contribution in [3.8, 4) is 11.4 Å². The topological polar surface area (TPSA) is 42.9 Å². The van der Waals surface area contributed by atoms with Gasteiger partial charge in [0.05, 0.1) is 0 Å². The van der Waals surface area contributed by atoms with E-state index < -0.39 is 0 Å². The van der Waals surface area contributed by atoms with Gasteiger partial charge in [-0.15, -0.1) is 11.3 Å². The zero-order chi connectivity index (χ0) is 9.97. The lowest BCUT2D eigenvalue weighted by molar-refractivity contribution is 0.111. The predicted molar refractivity (Wildman–Crippen MR) is 55.5 cm³/mol. The molecular formula is C10H8N2OS. The minimum atomic E-state index is 0.416. The van der Waals surface area contributed by atoms with Crippen molar-refractivity contribution >= 4 is 17.6 Å². The third-order valence-electron chi connectivity index (χ3n) is 1.79. The third-order valence-corrected chi connectivity index (χ3v) is 2.65. The summed E-state index contributed by atoms with van der Waals surface area (Å²) in [4.78, 5) is 19.9. The molecule has 0 saturated carbocycles. The molecule has 0 atom stereocenters. The molecule has 0 aromatic carbocycles. The zero-order valence-corrected chi connectivity index (χ0v) is 8.41. The van der Waals surface area contributed by atoms with E-state index in [4.69, 9.17) is 0 Å². The number of carbonyl (C=O) groups excluding carboxylic acids is 1. The lowest BCUT2D eigenvalue weighted by atomic mass is 10.3. The van der Waals surface area contributed by atoms with Gasteiger partial charge in [-0.05, 0) is 19.1 Å². The standard InChI is InChI=1S/C10H8N2OS/c1-7-4-8(6-14-7)10-11-3-2-9(5-13)12-10/h2-6H,1H3. The molecule has 0 aliphatic heterocycles. The second-order valence-electron chi connectivity index (χ2n) is 2.87. The summed E-state index contributed by atoms with van der Waals surface area (Å²) in [6.07, 6.45) is 2.32. The molecule has 0 N–H and O–H groups in total. The molecule has 0 saturated heterocycles. The largest absolute Gasteiger partial charge is 0.296 e. The number of hydrogen-bond donors (Lipinski definition) is 0. The molecule has 0 spiro atoms. The minimum absolute atomic E-state index is 0.416. The van der Waals surface area contributed by atoms with Crippen LogP contribution in [0.2, 0.25) is 0 Å². The van der Waals surface area contributed by atoms with Crippen LogP contribution in [0.5, 0.6) is 0 Å². The van der Waals surface area contributed by atoms with Crippen molar-refractivity contribution in [1.82, 2.24) is 9.97 Å². The Morgan fingerprint density at radius 1 is 1.50 bits per heavy atom. The van der Waals surface area contributed by atoms with E-state index in [2.05, 4.69) is 9.97 Å². The summed E-state index contributed by atoms with van der Waals surface area (Å²) in [5, 5.41) is 1.99. The highest BCUT2D eigenvalue weighted by molar-refractivity contribution is 7.10. The van der Waals surface area contributed by atoms with Gasteiger partial charge in [0.15, 0.2) is 12.1 Å². The predicted octanol–water partition coefficient (Wildman–Crippen LogP) is 2.33. The Balaban J connectivity index is 2.46. The first kappa shape index (κ1) is 9.02. The Hall–Kier alpha value is -1.55. The van der Waals surface area contributed by atoms with E-state index in [9.17, 15) is 4.79 Å². The number of aromatic nitrogens is 2. The lowest BCUT2D eigenvalue weighted by Gasteiger charge is -1.95.